The van der Waals surface area contributed by atoms with E-state index in [-0.39, 0.29) is 6.04 Å². The molecular weight excluding hydrogens is 344 g/mol. The molecular formula is C24H26N4. The number of benzene rings is 1. The molecule has 0 saturated heterocycles. The molecule has 2 aromatic rings. The molecule has 1 atom stereocenters. The minimum Gasteiger partial charge on any atom is -0.340 e. The largest absolute Gasteiger partial charge is 0.340 e. The smallest absolute Gasteiger partial charge is 0.137 e. The topological polar surface area (TPSA) is 40.5 Å². The molecule has 0 saturated carbocycles. The summed E-state index contributed by atoms with van der Waals surface area (Å²) in [5.74, 6) is 0.859. The van der Waals surface area contributed by atoms with Crippen molar-refractivity contribution in [2.24, 2.45) is 5.10 Å². The van der Waals surface area contributed by atoms with Gasteiger partial charge >= 0.3 is 0 Å². The van der Waals surface area contributed by atoms with Crippen LogP contribution in [0.1, 0.15) is 49.4 Å². The van der Waals surface area contributed by atoms with Gasteiger partial charge in [0.1, 0.15) is 5.82 Å². The molecule has 4 heteroatoms. The predicted octanol–water partition coefficient (Wildman–Crippen LogP) is 5.83. The van der Waals surface area contributed by atoms with Crippen LogP contribution in [-0.2, 0) is 0 Å². The van der Waals surface area contributed by atoms with Gasteiger partial charge in [0.15, 0.2) is 0 Å². The second-order valence-electron chi connectivity index (χ2n) is 7.44. The summed E-state index contributed by atoms with van der Waals surface area (Å²) in [5, 5.41) is 10.4. The van der Waals surface area contributed by atoms with Gasteiger partial charge in [0, 0.05) is 35.1 Å². The van der Waals surface area contributed by atoms with Crippen molar-refractivity contribution < 1.29 is 0 Å². The van der Waals surface area contributed by atoms with Crippen LogP contribution >= 0.6 is 0 Å². The highest BCUT2D eigenvalue weighted by molar-refractivity contribution is 6.13. The number of hydrogen-bond donors (Lipinski definition) is 1. The lowest BCUT2D eigenvalue weighted by molar-refractivity contribution is 0.293. The zero-order valence-electron chi connectivity index (χ0n) is 16.8. The summed E-state index contributed by atoms with van der Waals surface area (Å²) >= 11 is 0. The van der Waals surface area contributed by atoms with Gasteiger partial charge in [-0.3, -0.25) is 5.01 Å². The Morgan fingerprint density at radius 3 is 2.68 bits per heavy atom. The third-order valence-corrected chi connectivity index (χ3v) is 5.55. The van der Waals surface area contributed by atoms with Crippen molar-refractivity contribution >= 4 is 17.1 Å². The van der Waals surface area contributed by atoms with E-state index in [9.17, 15) is 0 Å². The zero-order chi connectivity index (χ0) is 19.8. The molecule has 0 spiro atoms. The van der Waals surface area contributed by atoms with Crippen LogP contribution in [0, 0.1) is 6.92 Å². The molecule has 1 aromatic heterocycles. The van der Waals surface area contributed by atoms with Crippen LogP contribution in [0.25, 0.3) is 5.57 Å². The van der Waals surface area contributed by atoms with Gasteiger partial charge in [0.05, 0.1) is 11.8 Å². The third-order valence-electron chi connectivity index (χ3n) is 5.55. The van der Waals surface area contributed by atoms with Gasteiger partial charge in [-0.05, 0) is 43.5 Å². The summed E-state index contributed by atoms with van der Waals surface area (Å²) in [6.07, 6.45) is 3.49. The lowest BCUT2D eigenvalue weighted by atomic mass is 9.89. The van der Waals surface area contributed by atoms with E-state index < -0.39 is 0 Å². The van der Waals surface area contributed by atoms with Gasteiger partial charge < -0.3 is 5.32 Å². The van der Waals surface area contributed by atoms with E-state index in [2.05, 4.69) is 79.6 Å². The minimum atomic E-state index is 0.159. The van der Waals surface area contributed by atoms with E-state index in [0.29, 0.717) is 0 Å². The fraction of sp³-hybridized carbons (Fsp3) is 0.250. The number of hydrazone groups is 1. The first kappa shape index (κ1) is 18.2. The molecule has 2 aliphatic rings. The Morgan fingerprint density at radius 1 is 1.21 bits per heavy atom. The Labute approximate surface area is 167 Å². The highest BCUT2D eigenvalue weighted by atomic mass is 15.5. The van der Waals surface area contributed by atoms with Crippen LogP contribution in [0.4, 0.5) is 5.82 Å². The van der Waals surface area contributed by atoms with Crippen molar-refractivity contribution in [3.05, 3.63) is 89.4 Å². The summed E-state index contributed by atoms with van der Waals surface area (Å²) in [6, 6.07) is 12.9. The maximum atomic E-state index is 5.01. The van der Waals surface area contributed by atoms with Gasteiger partial charge in [0.25, 0.3) is 0 Å². The van der Waals surface area contributed by atoms with Gasteiger partial charge in [-0.1, -0.05) is 49.9 Å². The number of aryl methyl sites for hydroxylation is 1. The van der Waals surface area contributed by atoms with Crippen LogP contribution in [-0.4, -0.2) is 15.7 Å². The Morgan fingerprint density at radius 2 is 1.96 bits per heavy atom. The number of fused-ring (bicyclic) bond motifs is 1. The molecule has 1 N–H and O–H groups in total. The van der Waals surface area contributed by atoms with Crippen molar-refractivity contribution in [3.8, 4) is 0 Å². The first-order valence-electron chi connectivity index (χ1n) is 9.73. The number of allylic oxidation sites excluding steroid dienone is 3. The average Bonchev–Trinajstić information content (AvgIpc) is 3.13. The molecule has 4 nitrogen and oxygen atoms in total. The summed E-state index contributed by atoms with van der Waals surface area (Å²) in [5.41, 5.74) is 8.80. The second-order valence-corrected chi connectivity index (χ2v) is 7.44. The van der Waals surface area contributed by atoms with Gasteiger partial charge in [0.2, 0.25) is 0 Å². The van der Waals surface area contributed by atoms with E-state index >= 15 is 0 Å². The van der Waals surface area contributed by atoms with E-state index in [4.69, 9.17) is 5.10 Å². The van der Waals surface area contributed by atoms with Crippen molar-refractivity contribution in [3.63, 3.8) is 0 Å². The number of pyridine rings is 1. The fourth-order valence-electron chi connectivity index (χ4n) is 3.93. The normalized spacial score (nSPS) is 18.7. The first-order chi connectivity index (χ1) is 13.5. The third kappa shape index (κ3) is 3.05. The highest BCUT2D eigenvalue weighted by Gasteiger charge is 2.33. The van der Waals surface area contributed by atoms with E-state index in [1.54, 1.807) is 6.20 Å². The molecule has 2 aliphatic heterocycles. The summed E-state index contributed by atoms with van der Waals surface area (Å²) in [7, 11) is 0. The maximum absolute atomic E-state index is 5.01. The predicted molar refractivity (Wildman–Crippen MR) is 117 cm³/mol. The van der Waals surface area contributed by atoms with Gasteiger partial charge in [-0.25, -0.2) is 4.98 Å². The van der Waals surface area contributed by atoms with Crippen molar-refractivity contribution in [2.75, 3.05) is 5.32 Å². The molecule has 142 valence electrons. The second kappa shape index (κ2) is 7.12. The Balaban J connectivity index is 1.77. The number of nitrogens with zero attached hydrogens (tertiary/aromatic N) is 3. The molecule has 3 heterocycles. The maximum Gasteiger partial charge on any atom is 0.137 e. The van der Waals surface area contributed by atoms with Crippen LogP contribution < -0.4 is 5.32 Å². The van der Waals surface area contributed by atoms with Crippen LogP contribution in [0.15, 0.2) is 77.8 Å². The Bertz CT molecular complexity index is 1010. The molecule has 1 aromatic carbocycles. The SMILES string of the molecule is C=C1Nc2ncccc2C(C)=C1C1=NN(C(=C)CC)C(c2ccc(C)cc2)C1. The molecule has 28 heavy (non-hydrogen) atoms. The van der Waals surface area contributed by atoms with Gasteiger partial charge in [-0.15, -0.1) is 0 Å². The molecule has 0 radical (unpaired) electrons. The molecule has 0 amide bonds. The van der Waals surface area contributed by atoms with Crippen LogP contribution in [0.3, 0.4) is 0 Å². The zero-order valence-corrected chi connectivity index (χ0v) is 16.8. The van der Waals surface area contributed by atoms with E-state index in [0.717, 1.165) is 52.5 Å². The first-order valence-corrected chi connectivity index (χ1v) is 9.73. The Hall–Kier alpha value is -3.14. The van der Waals surface area contributed by atoms with E-state index in [1.807, 2.05) is 6.07 Å². The number of hydrogen-bond acceptors (Lipinski definition) is 4. The molecule has 0 bridgehead atoms. The van der Waals surface area contributed by atoms with E-state index in [1.165, 1.54) is 11.1 Å². The molecule has 0 fully saturated rings. The lowest BCUT2D eigenvalue weighted by Crippen LogP contribution is -2.18. The quantitative estimate of drug-likeness (QED) is 0.736. The van der Waals surface area contributed by atoms with Crippen LogP contribution in [0.2, 0.25) is 0 Å². The average molecular weight is 371 g/mol. The van der Waals surface area contributed by atoms with Crippen LogP contribution in [0.5, 0.6) is 0 Å². The monoisotopic (exact) mass is 370 g/mol. The molecule has 1 unspecified atom stereocenters. The van der Waals surface area contributed by atoms with Gasteiger partial charge in [-0.2, -0.15) is 5.10 Å². The summed E-state index contributed by atoms with van der Waals surface area (Å²) < 4.78 is 0. The fourth-order valence-corrected chi connectivity index (χ4v) is 3.93. The number of rotatable bonds is 4. The highest BCUT2D eigenvalue weighted by Crippen LogP contribution is 2.41. The van der Waals surface area contributed by atoms with Crippen molar-refractivity contribution in [1.82, 2.24) is 9.99 Å². The molecule has 4 rings (SSSR count). The molecule has 0 aliphatic carbocycles. The van der Waals surface area contributed by atoms with Crippen molar-refractivity contribution in [1.29, 1.82) is 0 Å². The standard InChI is InChI=1S/C24H26N4/c1-6-16(3)28-22(19-11-9-15(2)10-12-19)14-21(27-28)23-17(4)20-8-7-13-25-24(20)26-18(23)5/h7-13,22H,3,5-6,14H2,1-2,4H3,(H,25,26). The Kier molecular flexibility index (Phi) is 4.63. The number of anilines is 1. The summed E-state index contributed by atoms with van der Waals surface area (Å²) in [4.78, 5) is 4.44. The van der Waals surface area contributed by atoms with Crippen molar-refractivity contribution in [2.45, 2.75) is 39.7 Å². The number of aromatic nitrogens is 1. The number of nitrogens with one attached hydrogen (secondary N) is 1. The minimum absolute atomic E-state index is 0.159. The lowest BCUT2D eigenvalue weighted by Gasteiger charge is -2.25. The summed E-state index contributed by atoms with van der Waals surface area (Å²) in [6.45, 7) is 14.9.